The standard InChI is InChI=1S/C36H51F2N7O4/c1-24(46)44-18-14-31(42-27-12-16-43(17-13-27)33(47)10-6-4-3-5-7-11-34(48)49)30(23-44)36(40)45-15-8-9-25-19-28(26(21-39)22-41-2)29(35(37)38)20-32(25)45/h19-22,27,35,40,42H,3-18,23,39H2,1-2H3,(H,48,49). The third kappa shape index (κ3) is 9.88. The quantitative estimate of drug-likeness (QED) is 0.119. The number of halogens is 2. The van der Waals surface area contributed by atoms with Crippen LogP contribution in [-0.2, 0) is 20.8 Å². The summed E-state index contributed by atoms with van der Waals surface area (Å²) in [4.78, 5) is 45.3. The maximum atomic E-state index is 14.4. The van der Waals surface area contributed by atoms with Crippen molar-refractivity contribution in [3.05, 3.63) is 46.3 Å². The number of piperidine rings is 1. The molecule has 0 spiro atoms. The molecule has 3 heterocycles. The summed E-state index contributed by atoms with van der Waals surface area (Å²) >= 11 is 0. The monoisotopic (exact) mass is 683 g/mol. The van der Waals surface area contributed by atoms with Gasteiger partial charge in [0.1, 0.15) is 5.84 Å². The number of amides is 2. The van der Waals surface area contributed by atoms with Gasteiger partial charge in [-0.2, -0.15) is 0 Å². The Balaban J connectivity index is 1.46. The number of hydrogen-bond donors (Lipinski definition) is 4. The third-order valence-electron chi connectivity index (χ3n) is 9.72. The maximum absolute atomic E-state index is 14.4. The molecule has 268 valence electrons. The van der Waals surface area contributed by atoms with Gasteiger partial charge in [0.25, 0.3) is 6.43 Å². The molecule has 3 aliphatic rings. The molecule has 5 N–H and O–H groups in total. The fourth-order valence-electron chi connectivity index (χ4n) is 6.99. The molecule has 1 aromatic carbocycles. The van der Waals surface area contributed by atoms with Crippen LogP contribution < -0.4 is 16.0 Å². The number of alkyl halides is 2. The van der Waals surface area contributed by atoms with Crippen LogP contribution in [0, 0.1) is 5.41 Å². The Morgan fingerprint density at radius 2 is 1.73 bits per heavy atom. The minimum Gasteiger partial charge on any atom is -0.481 e. The SMILES string of the molecule is CN=CC(=CN)c1cc2c(cc1C(F)F)N(C(=N)C1=C(NC3CCN(C(=O)CCCCCCCC(=O)O)CC3)CCN(C(C)=O)C1)CCC2. The molecule has 0 saturated carbocycles. The van der Waals surface area contributed by atoms with Gasteiger partial charge in [0.2, 0.25) is 11.8 Å². The number of aliphatic carboxylic acids is 1. The molecular formula is C36H51F2N7O4. The van der Waals surface area contributed by atoms with Crippen molar-refractivity contribution in [1.82, 2.24) is 15.1 Å². The fourth-order valence-corrected chi connectivity index (χ4v) is 6.99. The first-order valence-corrected chi connectivity index (χ1v) is 17.4. The van der Waals surface area contributed by atoms with Crippen LogP contribution in [0.25, 0.3) is 5.57 Å². The summed E-state index contributed by atoms with van der Waals surface area (Å²) in [6.45, 7) is 4.04. The number of aliphatic imine (C=N–C) groups is 1. The predicted molar refractivity (Wildman–Crippen MR) is 188 cm³/mol. The molecule has 0 bridgehead atoms. The number of carboxylic acid groups (broad SMARTS) is 1. The zero-order valence-corrected chi connectivity index (χ0v) is 28.8. The number of fused-ring (bicyclic) bond motifs is 1. The lowest BCUT2D eigenvalue weighted by molar-refractivity contribution is -0.137. The zero-order valence-electron chi connectivity index (χ0n) is 28.8. The second-order valence-electron chi connectivity index (χ2n) is 13.1. The molecule has 13 heteroatoms. The zero-order chi connectivity index (χ0) is 35.5. The molecule has 49 heavy (non-hydrogen) atoms. The number of carbonyl (C=O) groups is 3. The van der Waals surface area contributed by atoms with Crippen molar-refractivity contribution in [2.75, 3.05) is 44.7 Å². The number of nitrogens with two attached hydrogens (primary N) is 1. The van der Waals surface area contributed by atoms with Crippen LogP contribution >= 0.6 is 0 Å². The highest BCUT2D eigenvalue weighted by atomic mass is 19.3. The van der Waals surface area contributed by atoms with Gasteiger partial charge >= 0.3 is 5.97 Å². The molecule has 3 aliphatic heterocycles. The predicted octanol–water partition coefficient (Wildman–Crippen LogP) is 5.26. The van der Waals surface area contributed by atoms with Crippen LogP contribution in [-0.4, -0.2) is 90.6 Å². The van der Waals surface area contributed by atoms with E-state index in [0.29, 0.717) is 74.3 Å². The summed E-state index contributed by atoms with van der Waals surface area (Å²) in [6, 6.07) is 3.31. The minimum absolute atomic E-state index is 0.0845. The third-order valence-corrected chi connectivity index (χ3v) is 9.72. The number of carboxylic acids is 1. The summed E-state index contributed by atoms with van der Waals surface area (Å²) in [6.07, 6.45) is 8.30. The van der Waals surface area contributed by atoms with E-state index in [4.69, 9.17) is 10.8 Å². The normalized spacial score (nSPS) is 17.6. The lowest BCUT2D eigenvalue weighted by Gasteiger charge is -2.39. The number of anilines is 1. The summed E-state index contributed by atoms with van der Waals surface area (Å²) in [5, 5.41) is 21.8. The van der Waals surface area contributed by atoms with E-state index >= 15 is 0 Å². The Hall–Kier alpha value is -4.29. The average Bonchev–Trinajstić information content (AvgIpc) is 3.09. The van der Waals surface area contributed by atoms with Gasteiger partial charge < -0.3 is 30.9 Å². The molecule has 0 atom stereocenters. The highest BCUT2D eigenvalue weighted by molar-refractivity contribution is 6.12. The minimum atomic E-state index is -2.76. The molecule has 0 unspecified atom stereocenters. The van der Waals surface area contributed by atoms with Crippen LogP contribution in [0.1, 0.15) is 101 Å². The second kappa shape index (κ2) is 17.9. The summed E-state index contributed by atoms with van der Waals surface area (Å²) < 4.78 is 28.8. The number of unbranched alkanes of at least 4 members (excludes halogenated alkanes) is 4. The van der Waals surface area contributed by atoms with E-state index in [2.05, 4.69) is 10.3 Å². The molecule has 11 nitrogen and oxygen atoms in total. The molecule has 0 radical (unpaired) electrons. The van der Waals surface area contributed by atoms with Crippen molar-refractivity contribution in [1.29, 1.82) is 5.41 Å². The van der Waals surface area contributed by atoms with Gasteiger partial charge in [0.15, 0.2) is 0 Å². The topological polar surface area (TPSA) is 155 Å². The molecule has 1 fully saturated rings. The molecule has 1 aromatic rings. The van der Waals surface area contributed by atoms with E-state index in [0.717, 1.165) is 56.2 Å². The number of amidine groups is 1. The van der Waals surface area contributed by atoms with E-state index in [-0.39, 0.29) is 42.2 Å². The fraction of sp³-hybridized carbons (Fsp3) is 0.583. The smallest absolute Gasteiger partial charge is 0.303 e. The summed E-state index contributed by atoms with van der Waals surface area (Å²) in [5.74, 6) is -0.514. The number of benzene rings is 1. The van der Waals surface area contributed by atoms with Crippen molar-refractivity contribution in [2.24, 2.45) is 10.7 Å². The molecule has 4 rings (SSSR count). The Kier molecular flexibility index (Phi) is 13.7. The molecule has 0 aliphatic carbocycles. The number of nitrogens with zero attached hydrogens (tertiary/aromatic N) is 4. The Bertz CT molecular complexity index is 1470. The van der Waals surface area contributed by atoms with Gasteiger partial charge in [-0.05, 0) is 61.8 Å². The number of allylic oxidation sites excluding steroid dienone is 1. The summed E-state index contributed by atoms with van der Waals surface area (Å²) in [7, 11) is 1.56. The van der Waals surface area contributed by atoms with E-state index in [1.807, 2.05) is 4.90 Å². The van der Waals surface area contributed by atoms with E-state index in [1.165, 1.54) is 25.4 Å². The molecule has 1 saturated heterocycles. The van der Waals surface area contributed by atoms with Gasteiger partial charge in [-0.3, -0.25) is 24.8 Å². The number of carbonyl (C=O) groups excluding carboxylic acids is 2. The van der Waals surface area contributed by atoms with Crippen molar-refractivity contribution in [2.45, 2.75) is 96.4 Å². The van der Waals surface area contributed by atoms with Gasteiger partial charge in [-0.15, -0.1) is 0 Å². The van der Waals surface area contributed by atoms with Gasteiger partial charge in [0.05, 0.1) is 6.54 Å². The first kappa shape index (κ1) is 37.5. The lowest BCUT2D eigenvalue weighted by Crippen LogP contribution is -2.48. The van der Waals surface area contributed by atoms with Crippen molar-refractivity contribution in [3.8, 4) is 0 Å². The number of hydrogen-bond acceptors (Lipinski definition) is 7. The number of aryl methyl sites for hydroxylation is 1. The van der Waals surface area contributed by atoms with E-state index in [9.17, 15) is 28.6 Å². The first-order valence-electron chi connectivity index (χ1n) is 17.4. The van der Waals surface area contributed by atoms with E-state index < -0.39 is 12.4 Å². The van der Waals surface area contributed by atoms with Gasteiger partial charge in [-0.1, -0.05) is 19.3 Å². The van der Waals surface area contributed by atoms with Gasteiger partial charge in [-0.25, -0.2) is 8.78 Å². The lowest BCUT2D eigenvalue weighted by atomic mass is 9.91. The number of nitrogens with one attached hydrogen (secondary N) is 2. The number of rotatable bonds is 14. The molecular weight excluding hydrogens is 632 g/mol. The van der Waals surface area contributed by atoms with Crippen LogP contribution in [0.15, 0.2) is 34.6 Å². The summed E-state index contributed by atoms with van der Waals surface area (Å²) in [5.41, 5.74) is 9.34. The maximum Gasteiger partial charge on any atom is 0.303 e. The molecule has 0 aromatic heterocycles. The van der Waals surface area contributed by atoms with Crippen LogP contribution in [0.5, 0.6) is 0 Å². The van der Waals surface area contributed by atoms with Crippen LogP contribution in [0.3, 0.4) is 0 Å². The highest BCUT2D eigenvalue weighted by Crippen LogP contribution is 2.38. The van der Waals surface area contributed by atoms with Crippen LogP contribution in [0.2, 0.25) is 0 Å². The number of likely N-dealkylation sites (tertiary alicyclic amines) is 1. The van der Waals surface area contributed by atoms with Crippen molar-refractivity contribution in [3.63, 3.8) is 0 Å². The Labute approximate surface area is 287 Å². The first-order chi connectivity index (χ1) is 23.5. The second-order valence-corrected chi connectivity index (χ2v) is 13.1. The van der Waals surface area contributed by atoms with Crippen molar-refractivity contribution >= 4 is 41.1 Å². The average molecular weight is 684 g/mol. The highest BCUT2D eigenvalue weighted by Gasteiger charge is 2.32. The van der Waals surface area contributed by atoms with Crippen molar-refractivity contribution < 1.29 is 28.3 Å². The largest absolute Gasteiger partial charge is 0.481 e. The molecule has 2 amide bonds. The van der Waals surface area contributed by atoms with E-state index in [1.54, 1.807) is 22.9 Å². The van der Waals surface area contributed by atoms with Crippen LogP contribution in [0.4, 0.5) is 14.5 Å². The Morgan fingerprint density at radius 1 is 1.04 bits per heavy atom. The van der Waals surface area contributed by atoms with Gasteiger partial charge in [0, 0.05) is 106 Å². The Morgan fingerprint density at radius 3 is 2.37 bits per heavy atom.